The predicted molar refractivity (Wildman–Crippen MR) is 109 cm³/mol. The molecule has 0 bridgehead atoms. The van der Waals surface area contributed by atoms with Gasteiger partial charge in [-0.05, 0) is 49.6 Å². The van der Waals surface area contributed by atoms with Crippen molar-refractivity contribution in [1.82, 2.24) is 15.0 Å². The number of pyridine rings is 1. The molecule has 0 saturated carbocycles. The highest BCUT2D eigenvalue weighted by Crippen LogP contribution is 2.37. The maximum absolute atomic E-state index is 4.53. The zero-order valence-electron chi connectivity index (χ0n) is 15.0. The van der Waals surface area contributed by atoms with E-state index in [9.17, 15) is 0 Å². The monoisotopic (exact) mass is 360 g/mol. The highest BCUT2D eigenvalue weighted by atomic mass is 32.1. The molecule has 0 fully saturated rings. The van der Waals surface area contributed by atoms with Gasteiger partial charge in [-0.2, -0.15) is 0 Å². The van der Waals surface area contributed by atoms with Crippen molar-refractivity contribution in [2.45, 2.75) is 26.8 Å². The maximum Gasteiger partial charge on any atom is 0.139 e. The summed E-state index contributed by atoms with van der Waals surface area (Å²) in [6.07, 6.45) is 3.44. The van der Waals surface area contributed by atoms with E-state index < -0.39 is 0 Å². The number of hydrogen-bond donors (Lipinski definition) is 1. The van der Waals surface area contributed by atoms with Crippen LogP contribution < -0.4 is 5.32 Å². The second-order valence-electron chi connectivity index (χ2n) is 6.47. The molecule has 0 aliphatic heterocycles. The highest BCUT2D eigenvalue weighted by Gasteiger charge is 2.16. The Morgan fingerprint density at radius 1 is 1.00 bits per heavy atom. The average molecular weight is 360 g/mol. The summed E-state index contributed by atoms with van der Waals surface area (Å²) in [5, 5.41) is 6.76. The van der Waals surface area contributed by atoms with Crippen LogP contribution in [-0.2, 0) is 0 Å². The average Bonchev–Trinajstić information content (AvgIpc) is 3.10. The normalized spacial score (nSPS) is 12.3. The molecule has 0 amide bonds. The lowest BCUT2D eigenvalue weighted by Gasteiger charge is -2.15. The van der Waals surface area contributed by atoms with Crippen LogP contribution in [0.1, 0.15) is 29.8 Å². The van der Waals surface area contributed by atoms with Crippen LogP contribution in [0, 0.1) is 13.8 Å². The molecule has 1 N–H and O–H groups in total. The fraction of sp³-hybridized carbons (Fsp3) is 0.190. The maximum atomic E-state index is 4.53. The summed E-state index contributed by atoms with van der Waals surface area (Å²) in [6, 6.07) is 12.6. The van der Waals surface area contributed by atoms with Crippen LogP contribution in [0.2, 0.25) is 0 Å². The molecule has 3 aromatic heterocycles. The molecular weight excluding hydrogens is 340 g/mol. The van der Waals surface area contributed by atoms with E-state index >= 15 is 0 Å². The van der Waals surface area contributed by atoms with Gasteiger partial charge in [-0.25, -0.2) is 9.97 Å². The molecule has 0 spiro atoms. The van der Waals surface area contributed by atoms with E-state index in [-0.39, 0.29) is 6.04 Å². The minimum atomic E-state index is 0.0572. The SMILES string of the molecule is Cc1ccc(-c2csc3ncnc(N[C@H](C)c4ccccn4)c23)cc1C. The predicted octanol–water partition coefficient (Wildman–Crippen LogP) is 5.54. The van der Waals surface area contributed by atoms with Gasteiger partial charge in [0.05, 0.1) is 17.1 Å². The Morgan fingerprint density at radius 3 is 2.65 bits per heavy atom. The van der Waals surface area contributed by atoms with Crippen LogP contribution in [0.5, 0.6) is 0 Å². The van der Waals surface area contributed by atoms with Gasteiger partial charge in [-0.3, -0.25) is 4.98 Å². The summed E-state index contributed by atoms with van der Waals surface area (Å²) in [5.41, 5.74) is 5.94. The van der Waals surface area contributed by atoms with Gasteiger partial charge >= 0.3 is 0 Å². The Bertz CT molecular complexity index is 1060. The molecule has 0 unspecified atom stereocenters. The molecule has 5 heteroatoms. The van der Waals surface area contributed by atoms with Crippen molar-refractivity contribution >= 4 is 27.4 Å². The van der Waals surface area contributed by atoms with E-state index in [4.69, 9.17) is 0 Å². The zero-order chi connectivity index (χ0) is 18.1. The quantitative estimate of drug-likeness (QED) is 0.519. The number of thiophene rings is 1. The first kappa shape index (κ1) is 16.7. The van der Waals surface area contributed by atoms with E-state index in [0.717, 1.165) is 21.7 Å². The Morgan fingerprint density at radius 2 is 1.88 bits per heavy atom. The van der Waals surface area contributed by atoms with Gasteiger partial charge in [0.25, 0.3) is 0 Å². The smallest absolute Gasteiger partial charge is 0.139 e. The van der Waals surface area contributed by atoms with E-state index in [0.29, 0.717) is 0 Å². The van der Waals surface area contributed by atoms with Gasteiger partial charge in [-0.15, -0.1) is 11.3 Å². The second-order valence-corrected chi connectivity index (χ2v) is 7.33. The van der Waals surface area contributed by atoms with E-state index in [1.807, 2.05) is 24.4 Å². The van der Waals surface area contributed by atoms with Gasteiger partial charge in [0.2, 0.25) is 0 Å². The van der Waals surface area contributed by atoms with Gasteiger partial charge in [0, 0.05) is 17.1 Å². The topological polar surface area (TPSA) is 50.7 Å². The van der Waals surface area contributed by atoms with Crippen LogP contribution in [0.4, 0.5) is 5.82 Å². The number of rotatable bonds is 4. The molecule has 4 rings (SSSR count). The Kier molecular flexibility index (Phi) is 4.39. The summed E-state index contributed by atoms with van der Waals surface area (Å²) in [4.78, 5) is 14.4. The summed E-state index contributed by atoms with van der Waals surface area (Å²) in [6.45, 7) is 6.38. The van der Waals surface area contributed by atoms with E-state index in [1.165, 1.54) is 22.3 Å². The van der Waals surface area contributed by atoms with Crippen LogP contribution >= 0.6 is 11.3 Å². The Hall–Kier alpha value is -2.79. The molecule has 0 aliphatic rings. The number of nitrogens with one attached hydrogen (secondary N) is 1. The molecule has 1 aromatic carbocycles. The lowest BCUT2D eigenvalue weighted by atomic mass is 10.0. The number of anilines is 1. The largest absolute Gasteiger partial charge is 0.361 e. The number of nitrogens with zero attached hydrogens (tertiary/aromatic N) is 3. The van der Waals surface area contributed by atoms with Gasteiger partial charge in [0.15, 0.2) is 0 Å². The third-order valence-electron chi connectivity index (χ3n) is 4.67. The fourth-order valence-corrected chi connectivity index (χ4v) is 3.93. The fourth-order valence-electron chi connectivity index (χ4n) is 3.02. The third-order valence-corrected chi connectivity index (χ3v) is 5.56. The number of aromatic nitrogens is 3. The molecule has 0 radical (unpaired) electrons. The lowest BCUT2D eigenvalue weighted by Crippen LogP contribution is -2.09. The molecule has 130 valence electrons. The van der Waals surface area contributed by atoms with Crippen LogP contribution in [-0.4, -0.2) is 15.0 Å². The molecule has 4 aromatic rings. The zero-order valence-corrected chi connectivity index (χ0v) is 15.8. The number of fused-ring (bicyclic) bond motifs is 1. The first-order valence-electron chi connectivity index (χ1n) is 8.61. The molecule has 0 saturated heterocycles. The lowest BCUT2D eigenvalue weighted by molar-refractivity contribution is 0.833. The van der Waals surface area contributed by atoms with Gasteiger partial charge in [0.1, 0.15) is 17.0 Å². The van der Waals surface area contributed by atoms with Crippen molar-refractivity contribution in [3.8, 4) is 11.1 Å². The molecule has 1 atom stereocenters. The van der Waals surface area contributed by atoms with Crippen molar-refractivity contribution in [3.63, 3.8) is 0 Å². The summed E-state index contributed by atoms with van der Waals surface area (Å²) < 4.78 is 0. The molecule has 0 aliphatic carbocycles. The molecule has 26 heavy (non-hydrogen) atoms. The molecule has 4 nitrogen and oxygen atoms in total. The van der Waals surface area contributed by atoms with Crippen molar-refractivity contribution in [3.05, 3.63) is 71.1 Å². The number of hydrogen-bond acceptors (Lipinski definition) is 5. The van der Waals surface area contributed by atoms with Crippen LogP contribution in [0.25, 0.3) is 21.3 Å². The van der Waals surface area contributed by atoms with Crippen LogP contribution in [0.15, 0.2) is 54.3 Å². The number of aryl methyl sites for hydroxylation is 2. The van der Waals surface area contributed by atoms with E-state index in [1.54, 1.807) is 17.7 Å². The standard InChI is InChI=1S/C21H20N4S/c1-13-7-8-16(10-14(13)2)17-11-26-21-19(17)20(23-12-24-21)25-15(3)18-6-4-5-9-22-18/h4-12,15H,1-3H3,(H,23,24,25)/t15-/m1/s1. The van der Waals surface area contributed by atoms with Crippen LogP contribution in [0.3, 0.4) is 0 Å². The van der Waals surface area contributed by atoms with E-state index in [2.05, 4.69) is 64.6 Å². The van der Waals surface area contributed by atoms with Crippen molar-refractivity contribution < 1.29 is 0 Å². The highest BCUT2D eigenvalue weighted by molar-refractivity contribution is 7.17. The second kappa shape index (κ2) is 6.84. The third kappa shape index (κ3) is 3.06. The van der Waals surface area contributed by atoms with Crippen molar-refractivity contribution in [1.29, 1.82) is 0 Å². The van der Waals surface area contributed by atoms with Crippen molar-refractivity contribution in [2.24, 2.45) is 0 Å². The minimum Gasteiger partial charge on any atom is -0.361 e. The minimum absolute atomic E-state index is 0.0572. The summed E-state index contributed by atoms with van der Waals surface area (Å²) >= 11 is 1.65. The van der Waals surface area contributed by atoms with Crippen molar-refractivity contribution in [2.75, 3.05) is 5.32 Å². The van der Waals surface area contributed by atoms with Gasteiger partial charge < -0.3 is 5.32 Å². The van der Waals surface area contributed by atoms with Gasteiger partial charge in [-0.1, -0.05) is 24.3 Å². The summed E-state index contributed by atoms with van der Waals surface area (Å²) in [5.74, 6) is 0.850. The molecule has 3 heterocycles. The Labute approximate surface area is 157 Å². The first-order valence-corrected chi connectivity index (χ1v) is 9.48. The number of benzene rings is 1. The first-order chi connectivity index (χ1) is 12.6. The summed E-state index contributed by atoms with van der Waals surface area (Å²) in [7, 11) is 0. The molecular formula is C21H20N4S. The Balaban J connectivity index is 1.78.